The first-order chi connectivity index (χ1) is 15.6. The van der Waals surface area contributed by atoms with Crippen LogP contribution in [0, 0.1) is 12.7 Å². The Kier molecular flexibility index (Phi) is 5.02. The molecule has 1 aliphatic rings. The molecular formula is C22H17FN6O3. The van der Waals surface area contributed by atoms with E-state index in [1.54, 1.807) is 24.2 Å². The molecule has 9 nitrogen and oxygen atoms in total. The monoisotopic (exact) mass is 432 g/mol. The number of aryl methyl sites for hydroxylation is 1. The molecule has 0 unspecified atom stereocenters. The molecule has 0 atom stereocenters. The van der Waals surface area contributed by atoms with Gasteiger partial charge in [-0.15, -0.1) is 0 Å². The number of rotatable bonds is 4. The van der Waals surface area contributed by atoms with Crippen LogP contribution in [0.3, 0.4) is 0 Å². The van der Waals surface area contributed by atoms with Crippen LogP contribution in [-0.2, 0) is 13.0 Å². The van der Waals surface area contributed by atoms with E-state index in [0.717, 1.165) is 11.3 Å². The molecule has 32 heavy (non-hydrogen) atoms. The number of ether oxygens (including phenoxy) is 1. The van der Waals surface area contributed by atoms with Gasteiger partial charge in [0.2, 0.25) is 5.88 Å². The fraction of sp³-hybridized carbons (Fsp3) is 0.182. The van der Waals surface area contributed by atoms with Crippen molar-refractivity contribution in [2.24, 2.45) is 0 Å². The van der Waals surface area contributed by atoms with Crippen molar-refractivity contribution in [3.63, 3.8) is 0 Å². The van der Waals surface area contributed by atoms with Crippen molar-refractivity contribution in [1.29, 1.82) is 0 Å². The second-order valence-corrected chi connectivity index (χ2v) is 7.24. The number of amides is 1. The Balaban J connectivity index is 1.53. The third-order valence-corrected chi connectivity index (χ3v) is 5.13. The predicted octanol–water partition coefficient (Wildman–Crippen LogP) is 3.36. The highest BCUT2D eigenvalue weighted by molar-refractivity contribution is 5.93. The zero-order chi connectivity index (χ0) is 22.1. The maximum absolute atomic E-state index is 13.3. The summed E-state index contributed by atoms with van der Waals surface area (Å²) in [4.78, 5) is 27.9. The summed E-state index contributed by atoms with van der Waals surface area (Å²) in [5.41, 5.74) is 2.84. The number of nitrogens with zero attached hydrogens (tertiary/aromatic N) is 6. The van der Waals surface area contributed by atoms with Crippen LogP contribution in [0.1, 0.15) is 27.4 Å². The second kappa shape index (κ2) is 8.14. The van der Waals surface area contributed by atoms with Crippen molar-refractivity contribution in [3.8, 4) is 23.0 Å². The highest BCUT2D eigenvalue weighted by Crippen LogP contribution is 2.32. The van der Waals surface area contributed by atoms with Gasteiger partial charge in [-0.2, -0.15) is 4.98 Å². The summed E-state index contributed by atoms with van der Waals surface area (Å²) in [5, 5.41) is 7.40. The molecule has 0 bridgehead atoms. The average molecular weight is 432 g/mol. The van der Waals surface area contributed by atoms with E-state index in [9.17, 15) is 9.18 Å². The summed E-state index contributed by atoms with van der Waals surface area (Å²) in [5.74, 6) is 0.557. The van der Waals surface area contributed by atoms with Crippen LogP contribution in [0.15, 0.2) is 53.4 Å². The van der Waals surface area contributed by atoms with Gasteiger partial charge in [-0.25, -0.2) is 14.0 Å². The van der Waals surface area contributed by atoms with Crippen LogP contribution in [-0.4, -0.2) is 42.6 Å². The Bertz CT molecular complexity index is 1280. The van der Waals surface area contributed by atoms with Gasteiger partial charge in [-0.1, -0.05) is 5.16 Å². The smallest absolute Gasteiger partial charge is 0.278 e. The largest absolute Gasteiger partial charge is 0.439 e. The van der Waals surface area contributed by atoms with Gasteiger partial charge in [-0.05, 0) is 48.5 Å². The topological polar surface area (TPSA) is 107 Å². The summed E-state index contributed by atoms with van der Waals surface area (Å²) in [6.45, 7) is 2.34. The molecule has 1 aliphatic heterocycles. The lowest BCUT2D eigenvalue weighted by molar-refractivity contribution is 0.0720. The van der Waals surface area contributed by atoms with Crippen molar-refractivity contribution in [3.05, 3.63) is 77.3 Å². The Morgan fingerprint density at radius 1 is 1.09 bits per heavy atom. The minimum absolute atomic E-state index is 0.170. The molecule has 1 amide bonds. The summed E-state index contributed by atoms with van der Waals surface area (Å²) >= 11 is 0. The molecule has 1 aromatic carbocycles. The van der Waals surface area contributed by atoms with Gasteiger partial charge in [0.1, 0.15) is 17.3 Å². The lowest BCUT2D eigenvalue weighted by Gasteiger charge is -2.28. The van der Waals surface area contributed by atoms with Crippen LogP contribution in [0.2, 0.25) is 0 Å². The number of carbonyl (C=O) groups excluding carboxylic acids is 1. The van der Waals surface area contributed by atoms with Crippen molar-refractivity contribution < 1.29 is 18.6 Å². The molecule has 4 heterocycles. The van der Waals surface area contributed by atoms with E-state index in [2.05, 4.69) is 24.9 Å². The van der Waals surface area contributed by atoms with Crippen molar-refractivity contribution in [2.45, 2.75) is 19.9 Å². The van der Waals surface area contributed by atoms with Crippen LogP contribution in [0.4, 0.5) is 4.39 Å². The predicted molar refractivity (Wildman–Crippen MR) is 109 cm³/mol. The van der Waals surface area contributed by atoms with Gasteiger partial charge in [0.15, 0.2) is 11.5 Å². The molecule has 0 N–H and O–H groups in total. The number of aromatic nitrogens is 5. The van der Waals surface area contributed by atoms with E-state index >= 15 is 0 Å². The molecule has 3 aromatic heterocycles. The standard InChI is InChI=1S/C22H17FN6O3/c1-13-19(28-32-27-13)22(30)29-11-8-18-17(12-29)21(31-16-4-2-15(23)3-5-16)26-20(25-18)14-6-9-24-10-7-14/h2-7,9-10H,8,11-12H2,1H3. The molecule has 0 radical (unpaired) electrons. The normalized spacial score (nSPS) is 13.0. The van der Waals surface area contributed by atoms with E-state index in [0.29, 0.717) is 41.7 Å². The van der Waals surface area contributed by atoms with E-state index in [1.807, 2.05) is 12.1 Å². The first kappa shape index (κ1) is 19.7. The number of hydrogen-bond acceptors (Lipinski definition) is 8. The van der Waals surface area contributed by atoms with E-state index in [4.69, 9.17) is 9.72 Å². The molecular weight excluding hydrogens is 415 g/mol. The van der Waals surface area contributed by atoms with Gasteiger partial charge < -0.3 is 9.64 Å². The van der Waals surface area contributed by atoms with Gasteiger partial charge in [0, 0.05) is 30.9 Å². The van der Waals surface area contributed by atoms with Gasteiger partial charge in [0.25, 0.3) is 5.91 Å². The van der Waals surface area contributed by atoms with Crippen molar-refractivity contribution in [2.75, 3.05) is 6.54 Å². The number of pyridine rings is 1. The zero-order valence-corrected chi connectivity index (χ0v) is 17.0. The van der Waals surface area contributed by atoms with Crippen LogP contribution in [0.5, 0.6) is 11.6 Å². The second-order valence-electron chi connectivity index (χ2n) is 7.24. The van der Waals surface area contributed by atoms with Gasteiger partial charge in [-0.3, -0.25) is 9.78 Å². The SMILES string of the molecule is Cc1nonc1C(=O)N1CCc2nc(-c3ccncc3)nc(Oc3ccc(F)cc3)c2C1. The summed E-state index contributed by atoms with van der Waals surface area (Å²) in [7, 11) is 0. The molecule has 0 saturated heterocycles. The van der Waals surface area contributed by atoms with Crippen LogP contribution in [0.25, 0.3) is 11.4 Å². The van der Waals surface area contributed by atoms with Gasteiger partial charge >= 0.3 is 0 Å². The van der Waals surface area contributed by atoms with E-state index < -0.39 is 0 Å². The number of benzene rings is 1. The Labute approximate surface area is 181 Å². The van der Waals surface area contributed by atoms with Crippen LogP contribution < -0.4 is 4.74 Å². The molecule has 4 aromatic rings. The van der Waals surface area contributed by atoms with Crippen molar-refractivity contribution >= 4 is 5.91 Å². The number of halogens is 1. The lowest BCUT2D eigenvalue weighted by Crippen LogP contribution is -2.37. The number of carbonyl (C=O) groups is 1. The quantitative estimate of drug-likeness (QED) is 0.483. The van der Waals surface area contributed by atoms with Gasteiger partial charge in [0.05, 0.1) is 17.8 Å². The minimum atomic E-state index is -0.368. The Morgan fingerprint density at radius 3 is 2.59 bits per heavy atom. The minimum Gasteiger partial charge on any atom is -0.439 e. The third-order valence-electron chi connectivity index (χ3n) is 5.13. The third kappa shape index (κ3) is 3.78. The first-order valence-corrected chi connectivity index (χ1v) is 9.90. The lowest BCUT2D eigenvalue weighted by atomic mass is 10.1. The zero-order valence-electron chi connectivity index (χ0n) is 17.0. The highest BCUT2D eigenvalue weighted by Gasteiger charge is 2.30. The fourth-order valence-corrected chi connectivity index (χ4v) is 3.46. The van der Waals surface area contributed by atoms with E-state index in [-0.39, 0.29) is 24.0 Å². The summed E-state index contributed by atoms with van der Waals surface area (Å²) in [6.07, 6.45) is 3.83. The number of hydrogen-bond donors (Lipinski definition) is 0. The molecule has 0 spiro atoms. The summed E-state index contributed by atoms with van der Waals surface area (Å²) in [6, 6.07) is 9.27. The molecule has 0 saturated carbocycles. The summed E-state index contributed by atoms with van der Waals surface area (Å²) < 4.78 is 24.0. The molecule has 0 aliphatic carbocycles. The van der Waals surface area contributed by atoms with Crippen LogP contribution >= 0.6 is 0 Å². The average Bonchev–Trinajstić information content (AvgIpc) is 3.26. The molecule has 160 valence electrons. The maximum atomic E-state index is 13.3. The fourth-order valence-electron chi connectivity index (χ4n) is 3.46. The maximum Gasteiger partial charge on any atom is 0.278 e. The Hall–Kier alpha value is -4.21. The number of fused-ring (bicyclic) bond motifs is 1. The molecule has 0 fully saturated rings. The van der Waals surface area contributed by atoms with Crippen molar-refractivity contribution in [1.82, 2.24) is 30.2 Å². The highest BCUT2D eigenvalue weighted by atomic mass is 19.1. The Morgan fingerprint density at radius 2 is 1.88 bits per heavy atom. The van der Waals surface area contributed by atoms with E-state index in [1.165, 1.54) is 24.3 Å². The molecule has 5 rings (SSSR count). The molecule has 10 heteroatoms. The first-order valence-electron chi connectivity index (χ1n) is 9.90.